The number of pyridine rings is 1. The van der Waals surface area contributed by atoms with Crippen molar-refractivity contribution in [2.45, 2.75) is 19.5 Å². The van der Waals surface area contributed by atoms with E-state index < -0.39 is 17.7 Å². The smallest absolute Gasteiger partial charge is 0.295 e. The Kier molecular flexibility index (Phi) is 5.34. The number of nitrogens with zero attached hydrogens (tertiary/aromatic N) is 3. The average molecular weight is 502 g/mol. The van der Waals surface area contributed by atoms with Crippen molar-refractivity contribution in [1.82, 2.24) is 14.3 Å². The molecule has 7 heteroatoms. The van der Waals surface area contributed by atoms with Gasteiger partial charge in [-0.25, -0.2) is 4.98 Å². The fourth-order valence-corrected chi connectivity index (χ4v) is 4.79. The molecule has 1 aliphatic rings. The Morgan fingerprint density at radius 1 is 1.03 bits per heavy atom. The second-order valence-corrected chi connectivity index (χ2v) is 8.86. The average Bonchev–Trinajstić information content (AvgIpc) is 3.28. The molecule has 1 aliphatic heterocycles. The quantitative estimate of drug-likeness (QED) is 0.242. The van der Waals surface area contributed by atoms with Crippen molar-refractivity contribution in [2.75, 3.05) is 0 Å². The molecule has 1 N–H and O–H groups in total. The van der Waals surface area contributed by atoms with Gasteiger partial charge in [0.05, 0.1) is 17.3 Å². The Bertz CT molecular complexity index is 1430. The van der Waals surface area contributed by atoms with Crippen LogP contribution >= 0.6 is 15.9 Å². The molecule has 1 atom stereocenters. The molecule has 164 valence electrons. The lowest BCUT2D eigenvalue weighted by molar-refractivity contribution is -0.140. The van der Waals surface area contributed by atoms with Gasteiger partial charge < -0.3 is 10.0 Å². The summed E-state index contributed by atoms with van der Waals surface area (Å²) in [6, 6.07) is 21.7. The predicted molar refractivity (Wildman–Crippen MR) is 128 cm³/mol. The number of benzene rings is 2. The molecule has 33 heavy (non-hydrogen) atoms. The maximum absolute atomic E-state index is 13.3. The van der Waals surface area contributed by atoms with E-state index >= 15 is 0 Å². The monoisotopic (exact) mass is 501 g/mol. The number of hydrogen-bond acceptors (Lipinski definition) is 4. The number of aliphatic hydroxyl groups excluding tert-OH is 1. The number of aryl methyl sites for hydroxylation is 1. The lowest BCUT2D eigenvalue weighted by atomic mass is 9.96. The number of imidazole rings is 1. The van der Waals surface area contributed by atoms with Crippen molar-refractivity contribution < 1.29 is 14.7 Å². The van der Waals surface area contributed by atoms with Crippen LogP contribution in [0.4, 0.5) is 0 Å². The number of rotatable bonds is 4. The third-order valence-electron chi connectivity index (χ3n) is 5.83. The summed E-state index contributed by atoms with van der Waals surface area (Å²) in [5.41, 5.74) is 3.30. The van der Waals surface area contributed by atoms with Gasteiger partial charge in [0.15, 0.2) is 5.76 Å². The summed E-state index contributed by atoms with van der Waals surface area (Å²) in [5.74, 6) is -1.58. The molecule has 2 aromatic carbocycles. The summed E-state index contributed by atoms with van der Waals surface area (Å²) >= 11 is 3.49. The van der Waals surface area contributed by atoms with Gasteiger partial charge in [0, 0.05) is 17.2 Å². The van der Waals surface area contributed by atoms with Crippen LogP contribution in [0, 0.1) is 6.92 Å². The molecular weight excluding hydrogens is 482 g/mol. The molecule has 0 radical (unpaired) electrons. The van der Waals surface area contributed by atoms with Gasteiger partial charge in [-0.2, -0.15) is 0 Å². The zero-order chi connectivity index (χ0) is 23.1. The molecular formula is C26H20BrN3O3. The minimum Gasteiger partial charge on any atom is -0.505 e. The largest absolute Gasteiger partial charge is 0.505 e. The third-order valence-corrected chi connectivity index (χ3v) is 6.32. The van der Waals surface area contributed by atoms with Gasteiger partial charge in [0.2, 0.25) is 0 Å². The fourth-order valence-electron chi connectivity index (χ4n) is 4.37. The van der Waals surface area contributed by atoms with Crippen LogP contribution in [0.3, 0.4) is 0 Å². The van der Waals surface area contributed by atoms with Crippen LogP contribution < -0.4 is 0 Å². The molecule has 1 unspecified atom stereocenters. The second kappa shape index (κ2) is 8.33. The van der Waals surface area contributed by atoms with Crippen molar-refractivity contribution >= 4 is 39.0 Å². The van der Waals surface area contributed by atoms with Crippen LogP contribution in [0.5, 0.6) is 0 Å². The Morgan fingerprint density at radius 2 is 1.79 bits per heavy atom. The molecule has 1 amide bonds. The molecule has 0 bridgehead atoms. The van der Waals surface area contributed by atoms with Crippen LogP contribution in [0.2, 0.25) is 0 Å². The summed E-state index contributed by atoms with van der Waals surface area (Å²) < 4.78 is 2.55. The Morgan fingerprint density at radius 3 is 2.55 bits per heavy atom. The Balaban J connectivity index is 1.73. The third kappa shape index (κ3) is 3.64. The molecule has 2 aromatic heterocycles. The molecule has 1 fully saturated rings. The molecule has 6 nitrogen and oxygen atoms in total. The normalized spacial score (nSPS) is 17.8. The van der Waals surface area contributed by atoms with Gasteiger partial charge in [-0.05, 0) is 42.3 Å². The first kappa shape index (κ1) is 21.2. The first-order chi connectivity index (χ1) is 16.0. The zero-order valence-electron chi connectivity index (χ0n) is 17.8. The summed E-state index contributed by atoms with van der Waals surface area (Å²) in [7, 11) is 0. The Hall–Kier alpha value is -3.71. The van der Waals surface area contributed by atoms with E-state index in [1.807, 2.05) is 72.8 Å². The molecule has 0 spiro atoms. The number of carbonyl (C=O) groups is 2. The summed E-state index contributed by atoms with van der Waals surface area (Å²) in [6.07, 6.45) is 1.78. The summed E-state index contributed by atoms with van der Waals surface area (Å²) in [4.78, 5) is 32.5. The van der Waals surface area contributed by atoms with E-state index in [-0.39, 0.29) is 17.9 Å². The van der Waals surface area contributed by atoms with Crippen molar-refractivity contribution in [2.24, 2.45) is 0 Å². The van der Waals surface area contributed by atoms with E-state index in [1.165, 1.54) is 4.90 Å². The first-order valence-corrected chi connectivity index (χ1v) is 11.3. The molecule has 1 saturated heterocycles. The van der Waals surface area contributed by atoms with Gasteiger partial charge in [-0.1, -0.05) is 64.5 Å². The van der Waals surface area contributed by atoms with Crippen molar-refractivity contribution in [3.63, 3.8) is 0 Å². The highest BCUT2D eigenvalue weighted by molar-refractivity contribution is 9.10. The highest BCUT2D eigenvalue weighted by Gasteiger charge is 2.46. The number of amides is 1. The van der Waals surface area contributed by atoms with Crippen molar-refractivity contribution in [3.8, 4) is 0 Å². The highest BCUT2D eigenvalue weighted by Crippen LogP contribution is 2.41. The maximum Gasteiger partial charge on any atom is 0.295 e. The van der Waals surface area contributed by atoms with Crippen LogP contribution in [-0.2, 0) is 16.1 Å². The lowest BCUT2D eigenvalue weighted by Gasteiger charge is -2.25. The summed E-state index contributed by atoms with van der Waals surface area (Å²) in [5, 5.41) is 11.5. The minimum atomic E-state index is -0.739. The lowest BCUT2D eigenvalue weighted by Crippen LogP contribution is -2.29. The van der Waals surface area contributed by atoms with E-state index in [9.17, 15) is 14.7 Å². The van der Waals surface area contributed by atoms with Crippen LogP contribution in [0.1, 0.15) is 28.6 Å². The standard InChI is InChI=1S/C26H20BrN3O3/c1-16-22(29-13-6-5-12-20(29)28-16)24(31)21-23(18-10-7-11-19(27)14-18)30(26(33)25(21)32)15-17-8-3-2-4-9-17/h2-14,23,31H,15H2,1H3/b24-21+. The van der Waals surface area contributed by atoms with Gasteiger partial charge in [-0.3, -0.25) is 14.0 Å². The van der Waals surface area contributed by atoms with E-state index in [2.05, 4.69) is 20.9 Å². The van der Waals surface area contributed by atoms with Gasteiger partial charge in [-0.15, -0.1) is 0 Å². The van der Waals surface area contributed by atoms with Crippen LogP contribution in [-0.4, -0.2) is 31.1 Å². The second-order valence-electron chi connectivity index (χ2n) is 7.94. The van der Waals surface area contributed by atoms with E-state index in [0.29, 0.717) is 17.0 Å². The van der Waals surface area contributed by atoms with Gasteiger partial charge >= 0.3 is 0 Å². The van der Waals surface area contributed by atoms with E-state index in [0.717, 1.165) is 15.6 Å². The number of ketones is 1. The number of aliphatic hydroxyl groups is 1. The van der Waals surface area contributed by atoms with Crippen molar-refractivity contribution in [1.29, 1.82) is 0 Å². The predicted octanol–water partition coefficient (Wildman–Crippen LogP) is 5.03. The highest BCUT2D eigenvalue weighted by atomic mass is 79.9. The van der Waals surface area contributed by atoms with Gasteiger partial charge in [0.25, 0.3) is 11.7 Å². The first-order valence-electron chi connectivity index (χ1n) is 10.5. The number of Topliss-reactive ketones (excluding diaryl/α,β-unsaturated/α-hetero) is 1. The number of fused-ring (bicyclic) bond motifs is 1. The number of halogens is 1. The van der Waals surface area contributed by atoms with Crippen molar-refractivity contribution in [3.05, 3.63) is 112 Å². The minimum absolute atomic E-state index is 0.0581. The fraction of sp³-hybridized carbons (Fsp3) is 0.115. The summed E-state index contributed by atoms with van der Waals surface area (Å²) in [6.45, 7) is 2.02. The SMILES string of the molecule is Cc1nc2ccccn2c1/C(O)=C1\C(=O)C(=O)N(Cc2ccccc2)C1c1cccc(Br)c1. The Labute approximate surface area is 198 Å². The number of likely N-dealkylation sites (tertiary alicyclic amines) is 1. The van der Waals surface area contributed by atoms with E-state index in [1.54, 1.807) is 17.5 Å². The van der Waals surface area contributed by atoms with E-state index in [4.69, 9.17) is 0 Å². The number of hydrogen-bond donors (Lipinski definition) is 1. The van der Waals surface area contributed by atoms with Crippen LogP contribution in [0.15, 0.2) is 89.0 Å². The zero-order valence-corrected chi connectivity index (χ0v) is 19.4. The maximum atomic E-state index is 13.3. The number of aromatic nitrogens is 2. The van der Waals surface area contributed by atoms with Gasteiger partial charge in [0.1, 0.15) is 11.3 Å². The topological polar surface area (TPSA) is 74.9 Å². The van der Waals surface area contributed by atoms with Crippen LogP contribution in [0.25, 0.3) is 11.4 Å². The molecule has 0 saturated carbocycles. The number of carbonyl (C=O) groups excluding carboxylic acids is 2. The molecule has 5 rings (SSSR count). The molecule has 0 aliphatic carbocycles. The molecule has 4 aromatic rings. The molecule has 3 heterocycles.